The van der Waals surface area contributed by atoms with Gasteiger partial charge in [-0.15, -0.1) is 0 Å². The zero-order chi connectivity index (χ0) is 15.5. The SMILES string of the molecule is CCOC(=O)CCCNCCCOc1cc(C)cc(C)c1. The molecule has 0 unspecified atom stereocenters. The van der Waals surface area contributed by atoms with Crippen LogP contribution in [0.4, 0.5) is 0 Å². The molecule has 4 heteroatoms. The largest absolute Gasteiger partial charge is 0.494 e. The van der Waals surface area contributed by atoms with Crippen LogP contribution < -0.4 is 10.1 Å². The van der Waals surface area contributed by atoms with Gasteiger partial charge in [-0.1, -0.05) is 6.07 Å². The number of aryl methyl sites for hydroxylation is 2. The van der Waals surface area contributed by atoms with Gasteiger partial charge in [-0.3, -0.25) is 4.79 Å². The number of carbonyl (C=O) groups is 1. The average molecular weight is 293 g/mol. The molecule has 1 aromatic rings. The molecule has 118 valence electrons. The van der Waals surface area contributed by atoms with E-state index < -0.39 is 0 Å². The van der Waals surface area contributed by atoms with Crippen molar-refractivity contribution in [2.24, 2.45) is 0 Å². The van der Waals surface area contributed by atoms with Crippen LogP contribution in [0.3, 0.4) is 0 Å². The maximum absolute atomic E-state index is 11.1. The average Bonchev–Trinajstić information content (AvgIpc) is 2.41. The number of hydrogen-bond acceptors (Lipinski definition) is 4. The van der Waals surface area contributed by atoms with Gasteiger partial charge in [0.1, 0.15) is 5.75 Å². The third-order valence-corrected chi connectivity index (χ3v) is 3.00. The topological polar surface area (TPSA) is 47.6 Å². The number of esters is 1. The summed E-state index contributed by atoms with van der Waals surface area (Å²) >= 11 is 0. The molecule has 0 radical (unpaired) electrons. The second kappa shape index (κ2) is 10.2. The van der Waals surface area contributed by atoms with Crippen LogP contribution in [0.1, 0.15) is 37.3 Å². The van der Waals surface area contributed by atoms with Gasteiger partial charge >= 0.3 is 5.97 Å². The highest BCUT2D eigenvalue weighted by Crippen LogP contribution is 2.16. The lowest BCUT2D eigenvalue weighted by Crippen LogP contribution is -2.19. The van der Waals surface area contributed by atoms with E-state index in [0.29, 0.717) is 19.6 Å². The van der Waals surface area contributed by atoms with E-state index in [9.17, 15) is 4.79 Å². The number of benzene rings is 1. The van der Waals surface area contributed by atoms with Gasteiger partial charge < -0.3 is 14.8 Å². The number of carbonyl (C=O) groups excluding carboxylic acids is 1. The fourth-order valence-corrected chi connectivity index (χ4v) is 2.12. The maximum atomic E-state index is 11.1. The zero-order valence-electron chi connectivity index (χ0n) is 13.4. The summed E-state index contributed by atoms with van der Waals surface area (Å²) in [6, 6.07) is 6.25. The molecule has 21 heavy (non-hydrogen) atoms. The van der Waals surface area contributed by atoms with E-state index in [1.54, 1.807) is 0 Å². The third kappa shape index (κ3) is 8.35. The van der Waals surface area contributed by atoms with Gasteiger partial charge in [0.25, 0.3) is 0 Å². The number of rotatable bonds is 10. The van der Waals surface area contributed by atoms with E-state index in [-0.39, 0.29) is 5.97 Å². The monoisotopic (exact) mass is 293 g/mol. The fraction of sp³-hybridized carbons (Fsp3) is 0.588. The van der Waals surface area contributed by atoms with Crippen molar-refractivity contribution in [3.8, 4) is 5.75 Å². The van der Waals surface area contributed by atoms with Gasteiger partial charge in [0.05, 0.1) is 13.2 Å². The molecule has 0 bridgehead atoms. The highest BCUT2D eigenvalue weighted by Gasteiger charge is 2.00. The summed E-state index contributed by atoms with van der Waals surface area (Å²) in [7, 11) is 0. The van der Waals surface area contributed by atoms with E-state index in [0.717, 1.165) is 31.7 Å². The van der Waals surface area contributed by atoms with Crippen molar-refractivity contribution in [1.29, 1.82) is 0 Å². The van der Waals surface area contributed by atoms with Gasteiger partial charge in [0.2, 0.25) is 0 Å². The Hall–Kier alpha value is -1.55. The van der Waals surface area contributed by atoms with Gasteiger partial charge in [-0.2, -0.15) is 0 Å². The van der Waals surface area contributed by atoms with Crippen LogP contribution in [0.25, 0.3) is 0 Å². The van der Waals surface area contributed by atoms with Crippen LogP contribution in [-0.4, -0.2) is 32.3 Å². The smallest absolute Gasteiger partial charge is 0.305 e. The molecule has 1 aromatic carbocycles. The molecule has 0 amide bonds. The predicted octanol–water partition coefficient (Wildman–Crippen LogP) is 3.01. The summed E-state index contributed by atoms with van der Waals surface area (Å²) in [6.07, 6.45) is 2.25. The molecule has 0 aliphatic heterocycles. The first-order chi connectivity index (χ1) is 10.1. The molecule has 4 nitrogen and oxygen atoms in total. The van der Waals surface area contributed by atoms with Crippen molar-refractivity contribution in [1.82, 2.24) is 5.32 Å². The van der Waals surface area contributed by atoms with Crippen molar-refractivity contribution < 1.29 is 14.3 Å². The van der Waals surface area contributed by atoms with Crippen LogP contribution in [0.15, 0.2) is 18.2 Å². The third-order valence-electron chi connectivity index (χ3n) is 3.00. The number of ether oxygens (including phenoxy) is 2. The Balaban J connectivity index is 2.01. The minimum atomic E-state index is -0.113. The molecule has 0 spiro atoms. The molecule has 1 rings (SSSR count). The van der Waals surface area contributed by atoms with E-state index in [1.807, 2.05) is 6.92 Å². The van der Waals surface area contributed by atoms with Crippen LogP contribution in [0, 0.1) is 13.8 Å². The Kier molecular flexibility index (Phi) is 8.51. The molecule has 0 aliphatic carbocycles. The second-order valence-corrected chi connectivity index (χ2v) is 5.18. The normalized spacial score (nSPS) is 10.4. The van der Waals surface area contributed by atoms with Crippen LogP contribution in [0.2, 0.25) is 0 Å². The Bertz CT molecular complexity index is 412. The van der Waals surface area contributed by atoms with Crippen LogP contribution >= 0.6 is 0 Å². The van der Waals surface area contributed by atoms with Crippen molar-refractivity contribution in [3.63, 3.8) is 0 Å². The van der Waals surface area contributed by atoms with E-state index in [2.05, 4.69) is 37.4 Å². The minimum Gasteiger partial charge on any atom is -0.494 e. The number of nitrogens with one attached hydrogen (secondary N) is 1. The first-order valence-corrected chi connectivity index (χ1v) is 7.69. The molecule has 0 aliphatic rings. The zero-order valence-corrected chi connectivity index (χ0v) is 13.4. The fourth-order valence-electron chi connectivity index (χ4n) is 2.12. The van der Waals surface area contributed by atoms with Crippen LogP contribution in [0.5, 0.6) is 5.75 Å². The summed E-state index contributed by atoms with van der Waals surface area (Å²) in [5, 5.41) is 3.30. The highest BCUT2D eigenvalue weighted by molar-refractivity contribution is 5.69. The number of hydrogen-bond donors (Lipinski definition) is 1. The van der Waals surface area contributed by atoms with Crippen molar-refractivity contribution >= 4 is 5.97 Å². The standard InChI is InChI=1S/C17H27NO3/c1-4-20-17(19)7-5-8-18-9-6-10-21-16-12-14(2)11-15(3)13-16/h11-13,18H,4-10H2,1-3H3. The lowest BCUT2D eigenvalue weighted by molar-refractivity contribution is -0.143. The van der Waals surface area contributed by atoms with E-state index >= 15 is 0 Å². The summed E-state index contributed by atoms with van der Waals surface area (Å²) in [5.41, 5.74) is 2.45. The molecule has 0 heterocycles. The van der Waals surface area contributed by atoms with Crippen molar-refractivity contribution in [3.05, 3.63) is 29.3 Å². The predicted molar refractivity (Wildman–Crippen MR) is 84.8 cm³/mol. The van der Waals surface area contributed by atoms with Crippen molar-refractivity contribution in [2.45, 2.75) is 40.0 Å². The summed E-state index contributed by atoms with van der Waals surface area (Å²) in [5.74, 6) is 0.826. The molecular weight excluding hydrogens is 266 g/mol. The van der Waals surface area contributed by atoms with Crippen LogP contribution in [-0.2, 0) is 9.53 Å². The lowest BCUT2D eigenvalue weighted by atomic mass is 10.1. The first kappa shape index (κ1) is 17.5. The molecule has 0 atom stereocenters. The quantitative estimate of drug-likeness (QED) is 0.532. The molecule has 0 saturated carbocycles. The minimum absolute atomic E-state index is 0.113. The highest BCUT2D eigenvalue weighted by atomic mass is 16.5. The first-order valence-electron chi connectivity index (χ1n) is 7.69. The summed E-state index contributed by atoms with van der Waals surface area (Å²) in [4.78, 5) is 11.1. The van der Waals surface area contributed by atoms with Gasteiger partial charge in [0, 0.05) is 6.42 Å². The molecule has 0 aromatic heterocycles. The van der Waals surface area contributed by atoms with Crippen molar-refractivity contribution in [2.75, 3.05) is 26.3 Å². The maximum Gasteiger partial charge on any atom is 0.305 e. The lowest BCUT2D eigenvalue weighted by Gasteiger charge is -2.09. The molecule has 1 N–H and O–H groups in total. The summed E-state index contributed by atoms with van der Waals surface area (Å²) < 4.78 is 10.6. The van der Waals surface area contributed by atoms with Gasteiger partial charge in [0.15, 0.2) is 0 Å². The Morgan fingerprint density at radius 1 is 1.10 bits per heavy atom. The Morgan fingerprint density at radius 3 is 2.43 bits per heavy atom. The Morgan fingerprint density at radius 2 is 1.76 bits per heavy atom. The second-order valence-electron chi connectivity index (χ2n) is 5.18. The summed E-state index contributed by atoms with van der Waals surface area (Å²) in [6.45, 7) is 8.87. The van der Waals surface area contributed by atoms with Gasteiger partial charge in [-0.25, -0.2) is 0 Å². The molecular formula is C17H27NO3. The van der Waals surface area contributed by atoms with Gasteiger partial charge in [-0.05, 0) is 70.0 Å². The van der Waals surface area contributed by atoms with E-state index in [4.69, 9.17) is 9.47 Å². The molecule has 0 saturated heterocycles. The Labute approximate surface area is 127 Å². The van der Waals surface area contributed by atoms with E-state index in [1.165, 1.54) is 11.1 Å². The molecule has 0 fully saturated rings.